The number of hydrogen-bond donors (Lipinski definition) is 1. The Kier molecular flexibility index (Phi) is 11.2. The summed E-state index contributed by atoms with van der Waals surface area (Å²) in [7, 11) is 5.31. The zero-order valence-electron chi connectivity index (χ0n) is 18.5. The van der Waals surface area contributed by atoms with E-state index in [0.717, 1.165) is 47.4 Å². The highest BCUT2D eigenvalue weighted by molar-refractivity contribution is 14.0. The standard InChI is InChI=1S/C21H32N6O2.HI/c1-7-20-25-24-15-27(20)11-10-22-21(23-13-16(2)3)26(4)14-17-8-9-18(28-5)12-19(17)29-6;/h8-9,12,15H,2,7,10-11,13-14H2,1,3-6H3,(H,22,23);1H. The second-order valence-electron chi connectivity index (χ2n) is 6.85. The number of benzene rings is 1. The van der Waals surface area contributed by atoms with Gasteiger partial charge in [-0.25, -0.2) is 4.99 Å². The number of nitrogens with one attached hydrogen (secondary N) is 1. The first-order chi connectivity index (χ1) is 14.0. The van der Waals surface area contributed by atoms with E-state index in [9.17, 15) is 0 Å². The maximum Gasteiger partial charge on any atom is 0.194 e. The molecule has 166 valence electrons. The molecule has 0 aliphatic carbocycles. The van der Waals surface area contributed by atoms with Crippen LogP contribution in [-0.2, 0) is 19.5 Å². The van der Waals surface area contributed by atoms with Gasteiger partial charge in [-0.3, -0.25) is 0 Å². The SMILES string of the molecule is C=C(C)CN=C(NCCn1cnnc1CC)N(C)Cc1ccc(OC)cc1OC.I. The summed E-state index contributed by atoms with van der Waals surface area (Å²) >= 11 is 0. The van der Waals surface area contributed by atoms with E-state index >= 15 is 0 Å². The minimum atomic E-state index is 0. The second kappa shape index (κ2) is 13.1. The fourth-order valence-electron chi connectivity index (χ4n) is 2.86. The van der Waals surface area contributed by atoms with Gasteiger partial charge in [0, 0.05) is 44.7 Å². The van der Waals surface area contributed by atoms with Crippen molar-refractivity contribution in [3.63, 3.8) is 0 Å². The lowest BCUT2D eigenvalue weighted by Gasteiger charge is -2.24. The van der Waals surface area contributed by atoms with Crippen LogP contribution in [0.2, 0.25) is 0 Å². The summed E-state index contributed by atoms with van der Waals surface area (Å²) in [5.74, 6) is 3.33. The zero-order chi connectivity index (χ0) is 21.2. The highest BCUT2D eigenvalue weighted by atomic mass is 127. The maximum atomic E-state index is 5.52. The largest absolute Gasteiger partial charge is 0.497 e. The number of methoxy groups -OCH3 is 2. The van der Waals surface area contributed by atoms with Gasteiger partial charge in [-0.15, -0.1) is 34.2 Å². The maximum absolute atomic E-state index is 5.52. The predicted molar refractivity (Wildman–Crippen MR) is 131 cm³/mol. The molecule has 1 aromatic heterocycles. The predicted octanol–water partition coefficient (Wildman–Crippen LogP) is 3.13. The van der Waals surface area contributed by atoms with E-state index in [4.69, 9.17) is 14.5 Å². The number of aromatic nitrogens is 3. The third-order valence-electron chi connectivity index (χ3n) is 4.41. The molecule has 0 aliphatic heterocycles. The number of rotatable bonds is 10. The number of ether oxygens (including phenoxy) is 2. The molecule has 8 nitrogen and oxygen atoms in total. The van der Waals surface area contributed by atoms with Crippen LogP contribution in [0.25, 0.3) is 0 Å². The molecule has 2 rings (SSSR count). The molecular formula is C21H33IN6O2. The van der Waals surface area contributed by atoms with Gasteiger partial charge in [0.05, 0.1) is 20.8 Å². The smallest absolute Gasteiger partial charge is 0.194 e. The molecule has 1 heterocycles. The van der Waals surface area contributed by atoms with Crippen molar-refractivity contribution in [2.75, 3.05) is 34.4 Å². The summed E-state index contributed by atoms with van der Waals surface area (Å²) in [6, 6.07) is 5.83. The number of hydrogen-bond acceptors (Lipinski definition) is 5. The van der Waals surface area contributed by atoms with E-state index in [1.807, 2.05) is 32.2 Å². The van der Waals surface area contributed by atoms with E-state index in [1.54, 1.807) is 20.5 Å². The Morgan fingerprint density at radius 1 is 1.30 bits per heavy atom. The van der Waals surface area contributed by atoms with Crippen molar-refractivity contribution in [3.8, 4) is 11.5 Å². The first-order valence-electron chi connectivity index (χ1n) is 9.69. The number of halogens is 1. The molecule has 0 saturated carbocycles. The number of aryl methyl sites for hydroxylation is 1. The third-order valence-corrected chi connectivity index (χ3v) is 4.41. The van der Waals surface area contributed by atoms with Crippen LogP contribution >= 0.6 is 24.0 Å². The van der Waals surface area contributed by atoms with Crippen LogP contribution < -0.4 is 14.8 Å². The van der Waals surface area contributed by atoms with Crippen molar-refractivity contribution in [1.29, 1.82) is 0 Å². The van der Waals surface area contributed by atoms with Gasteiger partial charge >= 0.3 is 0 Å². The fraction of sp³-hybridized carbons (Fsp3) is 0.476. The molecule has 1 aromatic carbocycles. The first kappa shape index (κ1) is 25.7. The Labute approximate surface area is 196 Å². The van der Waals surface area contributed by atoms with Gasteiger partial charge in [-0.05, 0) is 19.1 Å². The number of aliphatic imine (C=N–C) groups is 1. The Bertz CT molecular complexity index is 837. The summed E-state index contributed by atoms with van der Waals surface area (Å²) in [6.45, 7) is 10.7. The summed E-state index contributed by atoms with van der Waals surface area (Å²) in [5, 5.41) is 11.5. The summed E-state index contributed by atoms with van der Waals surface area (Å²) in [6.07, 6.45) is 2.62. The van der Waals surface area contributed by atoms with Gasteiger partial charge in [-0.2, -0.15) is 0 Å². The van der Waals surface area contributed by atoms with Gasteiger partial charge < -0.3 is 24.3 Å². The van der Waals surface area contributed by atoms with Gasteiger partial charge in [-0.1, -0.05) is 19.1 Å². The topological polar surface area (TPSA) is 76.8 Å². The van der Waals surface area contributed by atoms with Crippen molar-refractivity contribution in [2.24, 2.45) is 4.99 Å². The molecule has 0 aliphatic rings. The molecule has 1 N–H and O–H groups in total. The monoisotopic (exact) mass is 528 g/mol. The summed E-state index contributed by atoms with van der Waals surface area (Å²) < 4.78 is 12.9. The van der Waals surface area contributed by atoms with Crippen molar-refractivity contribution in [3.05, 3.63) is 48.1 Å². The molecule has 0 atom stereocenters. The molecule has 0 saturated heterocycles. The average molecular weight is 528 g/mol. The fourth-order valence-corrected chi connectivity index (χ4v) is 2.86. The van der Waals surface area contributed by atoms with Crippen LogP contribution in [0.1, 0.15) is 25.2 Å². The molecule has 2 aromatic rings. The van der Waals surface area contributed by atoms with Crippen LogP contribution in [0.15, 0.2) is 41.7 Å². The first-order valence-corrected chi connectivity index (χ1v) is 9.69. The van der Waals surface area contributed by atoms with E-state index in [2.05, 4.69) is 38.5 Å². The van der Waals surface area contributed by atoms with Gasteiger partial charge in [0.2, 0.25) is 0 Å². The van der Waals surface area contributed by atoms with Gasteiger partial charge in [0.1, 0.15) is 23.7 Å². The summed E-state index contributed by atoms with van der Waals surface area (Å²) in [4.78, 5) is 6.77. The lowest BCUT2D eigenvalue weighted by atomic mass is 10.2. The number of nitrogens with zero attached hydrogens (tertiary/aromatic N) is 5. The molecule has 30 heavy (non-hydrogen) atoms. The molecule has 0 radical (unpaired) electrons. The summed E-state index contributed by atoms with van der Waals surface area (Å²) in [5.41, 5.74) is 2.06. The average Bonchev–Trinajstić information content (AvgIpc) is 3.17. The van der Waals surface area contributed by atoms with Crippen LogP contribution in [-0.4, -0.2) is 60.0 Å². The third kappa shape index (κ3) is 7.51. The molecular weight excluding hydrogens is 495 g/mol. The van der Waals surface area contributed by atoms with Gasteiger partial charge in [0.15, 0.2) is 5.96 Å². The van der Waals surface area contributed by atoms with Crippen molar-refractivity contribution >= 4 is 29.9 Å². The Hall–Kier alpha value is -2.30. The Morgan fingerprint density at radius 2 is 2.07 bits per heavy atom. The molecule has 0 spiro atoms. The molecule has 0 unspecified atom stereocenters. The minimum Gasteiger partial charge on any atom is -0.497 e. The second-order valence-corrected chi connectivity index (χ2v) is 6.85. The quantitative estimate of drug-likeness (QED) is 0.221. The normalized spacial score (nSPS) is 10.9. The molecule has 0 amide bonds. The van der Waals surface area contributed by atoms with Crippen molar-refractivity contribution in [2.45, 2.75) is 33.4 Å². The van der Waals surface area contributed by atoms with E-state index < -0.39 is 0 Å². The van der Waals surface area contributed by atoms with E-state index in [0.29, 0.717) is 19.6 Å². The van der Waals surface area contributed by atoms with Crippen LogP contribution in [0.3, 0.4) is 0 Å². The molecule has 0 fully saturated rings. The molecule has 0 bridgehead atoms. The van der Waals surface area contributed by atoms with Crippen LogP contribution in [0.5, 0.6) is 11.5 Å². The zero-order valence-corrected chi connectivity index (χ0v) is 20.8. The number of guanidine groups is 1. The highest BCUT2D eigenvalue weighted by Gasteiger charge is 2.12. The van der Waals surface area contributed by atoms with E-state index in [-0.39, 0.29) is 24.0 Å². The Morgan fingerprint density at radius 3 is 2.70 bits per heavy atom. The van der Waals surface area contributed by atoms with Crippen molar-refractivity contribution in [1.82, 2.24) is 25.0 Å². The minimum absolute atomic E-state index is 0. The Balaban J connectivity index is 0.00000450. The highest BCUT2D eigenvalue weighted by Crippen LogP contribution is 2.25. The van der Waals surface area contributed by atoms with Crippen molar-refractivity contribution < 1.29 is 9.47 Å². The lowest BCUT2D eigenvalue weighted by Crippen LogP contribution is -2.40. The van der Waals surface area contributed by atoms with Crippen LogP contribution in [0, 0.1) is 0 Å². The molecule has 9 heteroatoms. The lowest BCUT2D eigenvalue weighted by molar-refractivity contribution is 0.382. The van der Waals surface area contributed by atoms with Crippen LogP contribution in [0.4, 0.5) is 0 Å². The van der Waals surface area contributed by atoms with E-state index in [1.165, 1.54) is 0 Å². The van der Waals surface area contributed by atoms with Gasteiger partial charge in [0.25, 0.3) is 0 Å².